The molecule has 2 aromatic heterocycles. The van der Waals surface area contributed by atoms with E-state index in [1.165, 1.54) is 6.07 Å². The average molecular weight is 459 g/mol. The van der Waals surface area contributed by atoms with Crippen LogP contribution in [0.25, 0.3) is 16.8 Å². The number of alkyl halides is 3. The van der Waals surface area contributed by atoms with Crippen molar-refractivity contribution in [1.29, 1.82) is 0 Å². The lowest BCUT2D eigenvalue weighted by Gasteiger charge is -2.23. The SMILES string of the molecule is CCN(Cc1cc(C(F)(F)F)ccc1-c1cc(CC(=O)O)c2ccnc(C)n12)C(=O)C1CC1. The first-order valence-corrected chi connectivity index (χ1v) is 10.8. The van der Waals surface area contributed by atoms with Gasteiger partial charge in [-0.1, -0.05) is 6.07 Å². The van der Waals surface area contributed by atoms with Crippen molar-refractivity contribution in [1.82, 2.24) is 14.3 Å². The number of hydrogen-bond donors (Lipinski definition) is 1. The van der Waals surface area contributed by atoms with Crippen molar-refractivity contribution in [3.05, 3.63) is 59.0 Å². The lowest BCUT2D eigenvalue weighted by molar-refractivity contribution is -0.138. The van der Waals surface area contributed by atoms with E-state index < -0.39 is 17.7 Å². The Morgan fingerprint density at radius 2 is 1.91 bits per heavy atom. The molecule has 1 N–H and O–H groups in total. The number of aromatic nitrogens is 2. The smallest absolute Gasteiger partial charge is 0.416 e. The highest BCUT2D eigenvalue weighted by molar-refractivity contribution is 5.82. The zero-order valence-corrected chi connectivity index (χ0v) is 18.3. The molecule has 4 rings (SSSR count). The number of carbonyl (C=O) groups is 2. The third kappa shape index (κ3) is 4.58. The van der Waals surface area contributed by atoms with Gasteiger partial charge in [-0.3, -0.25) is 14.0 Å². The van der Waals surface area contributed by atoms with Crippen LogP contribution in [-0.4, -0.2) is 37.8 Å². The van der Waals surface area contributed by atoms with Crippen molar-refractivity contribution in [3.8, 4) is 11.3 Å². The summed E-state index contributed by atoms with van der Waals surface area (Å²) in [5, 5.41) is 9.33. The summed E-state index contributed by atoms with van der Waals surface area (Å²) in [4.78, 5) is 29.9. The van der Waals surface area contributed by atoms with Crippen LogP contribution in [0.5, 0.6) is 0 Å². The van der Waals surface area contributed by atoms with Crippen LogP contribution in [0.2, 0.25) is 0 Å². The van der Waals surface area contributed by atoms with Crippen molar-refractivity contribution >= 4 is 17.4 Å². The Labute approximate surface area is 188 Å². The Hall–Kier alpha value is -3.36. The van der Waals surface area contributed by atoms with Gasteiger partial charge in [0.15, 0.2) is 0 Å². The fourth-order valence-corrected chi connectivity index (χ4v) is 4.17. The number of hydrogen-bond acceptors (Lipinski definition) is 3. The van der Waals surface area contributed by atoms with Crippen molar-refractivity contribution in [3.63, 3.8) is 0 Å². The van der Waals surface area contributed by atoms with Gasteiger partial charge in [-0.2, -0.15) is 13.2 Å². The van der Waals surface area contributed by atoms with E-state index in [1.54, 1.807) is 41.5 Å². The summed E-state index contributed by atoms with van der Waals surface area (Å²) in [6.45, 7) is 3.97. The minimum atomic E-state index is -4.53. The lowest BCUT2D eigenvalue weighted by atomic mass is 9.99. The molecule has 0 spiro atoms. The molecule has 2 heterocycles. The molecule has 0 unspecified atom stereocenters. The van der Waals surface area contributed by atoms with Crippen LogP contribution in [0.4, 0.5) is 13.2 Å². The largest absolute Gasteiger partial charge is 0.481 e. The molecule has 0 atom stereocenters. The van der Waals surface area contributed by atoms with Gasteiger partial charge in [-0.25, -0.2) is 4.98 Å². The Morgan fingerprint density at radius 3 is 2.52 bits per heavy atom. The number of carbonyl (C=O) groups excluding carboxylic acids is 1. The highest BCUT2D eigenvalue weighted by Gasteiger charge is 2.34. The second-order valence-corrected chi connectivity index (χ2v) is 8.33. The van der Waals surface area contributed by atoms with Gasteiger partial charge in [0, 0.05) is 30.8 Å². The van der Waals surface area contributed by atoms with Crippen molar-refractivity contribution < 1.29 is 27.9 Å². The minimum Gasteiger partial charge on any atom is -0.481 e. The van der Waals surface area contributed by atoms with E-state index in [2.05, 4.69) is 4.98 Å². The quantitative estimate of drug-likeness (QED) is 0.555. The first kappa shape index (κ1) is 22.8. The van der Waals surface area contributed by atoms with E-state index in [0.29, 0.717) is 40.3 Å². The van der Waals surface area contributed by atoms with E-state index >= 15 is 0 Å². The first-order valence-electron chi connectivity index (χ1n) is 10.8. The molecular weight excluding hydrogens is 435 g/mol. The van der Waals surface area contributed by atoms with Crippen LogP contribution in [0, 0.1) is 12.8 Å². The maximum absolute atomic E-state index is 13.5. The molecule has 0 bridgehead atoms. The van der Waals surface area contributed by atoms with Crippen LogP contribution in [0.15, 0.2) is 36.5 Å². The number of benzene rings is 1. The number of aryl methyl sites for hydroxylation is 1. The molecule has 1 aliphatic rings. The molecule has 1 amide bonds. The average Bonchev–Trinajstić information content (AvgIpc) is 3.54. The molecule has 0 saturated heterocycles. The van der Waals surface area contributed by atoms with Crippen molar-refractivity contribution in [2.24, 2.45) is 5.92 Å². The van der Waals surface area contributed by atoms with Crippen molar-refractivity contribution in [2.75, 3.05) is 6.54 Å². The molecule has 33 heavy (non-hydrogen) atoms. The number of amides is 1. The Bertz CT molecular complexity index is 1230. The molecule has 9 heteroatoms. The molecule has 1 saturated carbocycles. The van der Waals surface area contributed by atoms with E-state index in [-0.39, 0.29) is 24.8 Å². The van der Waals surface area contributed by atoms with Gasteiger partial charge in [0.1, 0.15) is 5.82 Å². The molecule has 174 valence electrons. The van der Waals surface area contributed by atoms with Gasteiger partial charge in [-0.15, -0.1) is 0 Å². The van der Waals surface area contributed by atoms with E-state index in [4.69, 9.17) is 0 Å². The van der Waals surface area contributed by atoms with Crippen LogP contribution in [0.1, 0.15) is 42.3 Å². The Balaban J connectivity index is 1.89. The predicted molar refractivity (Wildman–Crippen MR) is 116 cm³/mol. The standard InChI is InChI=1S/C24H24F3N3O3/c1-3-29(23(33)15-4-5-15)13-17-10-18(24(25,26)27)6-7-19(17)21-11-16(12-22(31)32)20-8-9-28-14(2)30(20)21/h6-11,15H,3-5,12-13H2,1-2H3,(H,31,32). The minimum absolute atomic E-state index is 0.0336. The maximum Gasteiger partial charge on any atom is 0.416 e. The van der Waals surface area contributed by atoms with Crippen LogP contribution < -0.4 is 0 Å². The van der Waals surface area contributed by atoms with Crippen molar-refractivity contribution in [2.45, 2.75) is 45.8 Å². The van der Waals surface area contributed by atoms with Gasteiger partial charge in [-0.05, 0) is 62.1 Å². The summed E-state index contributed by atoms with van der Waals surface area (Å²) in [7, 11) is 0. The normalized spacial score (nSPS) is 14.0. The zero-order valence-electron chi connectivity index (χ0n) is 18.3. The fourth-order valence-electron chi connectivity index (χ4n) is 4.17. The zero-order chi connectivity index (χ0) is 23.9. The number of aliphatic carboxylic acids is 1. The molecule has 3 aromatic rings. The number of fused-ring (bicyclic) bond motifs is 1. The molecular formula is C24H24F3N3O3. The maximum atomic E-state index is 13.5. The van der Waals surface area contributed by atoms with Crippen LogP contribution in [0.3, 0.4) is 0 Å². The topological polar surface area (TPSA) is 74.9 Å². The number of rotatable bonds is 7. The summed E-state index contributed by atoms with van der Waals surface area (Å²) >= 11 is 0. The number of carboxylic acid groups (broad SMARTS) is 1. The fraction of sp³-hybridized carbons (Fsp3) is 0.375. The van der Waals surface area contributed by atoms with E-state index in [0.717, 1.165) is 25.0 Å². The Kier molecular flexibility index (Phi) is 5.90. The molecule has 0 aliphatic heterocycles. The highest BCUT2D eigenvalue weighted by atomic mass is 19.4. The van der Waals surface area contributed by atoms with E-state index in [1.807, 2.05) is 0 Å². The molecule has 1 fully saturated rings. The number of carboxylic acids is 1. The second kappa shape index (κ2) is 8.53. The molecule has 6 nitrogen and oxygen atoms in total. The third-order valence-corrected chi connectivity index (χ3v) is 5.97. The number of halogens is 3. The highest BCUT2D eigenvalue weighted by Crippen LogP contribution is 2.37. The van der Waals surface area contributed by atoms with Gasteiger partial charge in [0.2, 0.25) is 5.91 Å². The molecule has 1 aliphatic carbocycles. The molecule has 0 radical (unpaired) electrons. The van der Waals surface area contributed by atoms with E-state index in [9.17, 15) is 27.9 Å². The van der Waals surface area contributed by atoms with Gasteiger partial charge in [0.25, 0.3) is 0 Å². The van der Waals surface area contributed by atoms with Crippen LogP contribution in [-0.2, 0) is 28.7 Å². The summed E-state index contributed by atoms with van der Waals surface area (Å²) in [5.41, 5.74) is 1.78. The third-order valence-electron chi connectivity index (χ3n) is 5.97. The summed E-state index contributed by atoms with van der Waals surface area (Å²) in [6.07, 6.45) is -1.59. The number of nitrogens with zero attached hydrogens (tertiary/aromatic N) is 3. The summed E-state index contributed by atoms with van der Waals surface area (Å²) in [6, 6.07) is 6.86. The van der Waals surface area contributed by atoms with Gasteiger partial charge >= 0.3 is 12.1 Å². The predicted octanol–water partition coefficient (Wildman–Crippen LogP) is 4.71. The van der Waals surface area contributed by atoms with Crippen LogP contribution >= 0.6 is 0 Å². The monoisotopic (exact) mass is 459 g/mol. The van der Waals surface area contributed by atoms with Gasteiger partial charge < -0.3 is 10.0 Å². The van der Waals surface area contributed by atoms with Gasteiger partial charge in [0.05, 0.1) is 23.2 Å². The second-order valence-electron chi connectivity index (χ2n) is 8.33. The lowest BCUT2D eigenvalue weighted by Crippen LogP contribution is -2.31. The first-order chi connectivity index (χ1) is 15.6. The summed E-state index contributed by atoms with van der Waals surface area (Å²) in [5.74, 6) is -0.540. The summed E-state index contributed by atoms with van der Waals surface area (Å²) < 4.78 is 42.3. The molecule has 1 aromatic carbocycles. The Morgan fingerprint density at radius 1 is 1.18 bits per heavy atom.